The Balaban J connectivity index is 2.09. The summed E-state index contributed by atoms with van der Waals surface area (Å²) in [5.41, 5.74) is 0.787. The van der Waals surface area contributed by atoms with E-state index in [1.54, 1.807) is 29.2 Å². The number of amides is 1. The highest BCUT2D eigenvalue weighted by molar-refractivity contribution is 5.96. The van der Waals surface area contributed by atoms with Crippen LogP contribution in [-0.2, 0) is 0 Å². The van der Waals surface area contributed by atoms with Gasteiger partial charge < -0.3 is 20.0 Å². The maximum Gasteiger partial charge on any atom is 0.255 e. The maximum absolute atomic E-state index is 12.7. The van der Waals surface area contributed by atoms with E-state index in [2.05, 4.69) is 6.07 Å². The highest BCUT2D eigenvalue weighted by atomic mass is 16.3. The van der Waals surface area contributed by atoms with E-state index in [1.165, 1.54) is 0 Å². The quantitative estimate of drug-likeness (QED) is 0.780. The first-order chi connectivity index (χ1) is 11.1. The van der Waals surface area contributed by atoms with E-state index in [1.807, 2.05) is 11.9 Å². The molecule has 6 heteroatoms. The van der Waals surface area contributed by atoms with Crippen LogP contribution in [-0.4, -0.2) is 72.4 Å². The lowest BCUT2D eigenvalue weighted by Crippen LogP contribution is -2.33. The molecule has 6 nitrogen and oxygen atoms in total. The van der Waals surface area contributed by atoms with Crippen molar-refractivity contribution in [1.82, 2.24) is 9.80 Å². The van der Waals surface area contributed by atoms with Gasteiger partial charge in [0.25, 0.3) is 5.91 Å². The SMILES string of the molecule is CN(CCO)CC1CN(C(=O)c2ccccc2C#N)CC1CO. The Morgan fingerprint density at radius 3 is 2.70 bits per heavy atom. The number of hydrogen-bond acceptors (Lipinski definition) is 5. The summed E-state index contributed by atoms with van der Waals surface area (Å²) in [5, 5.41) is 27.7. The van der Waals surface area contributed by atoms with Crippen molar-refractivity contribution in [3.63, 3.8) is 0 Å². The smallest absolute Gasteiger partial charge is 0.255 e. The van der Waals surface area contributed by atoms with Crippen LogP contribution < -0.4 is 0 Å². The molecule has 0 aliphatic carbocycles. The molecule has 1 heterocycles. The molecule has 0 bridgehead atoms. The first-order valence-electron chi connectivity index (χ1n) is 7.79. The number of carbonyl (C=O) groups is 1. The molecule has 1 fully saturated rings. The van der Waals surface area contributed by atoms with Crippen molar-refractivity contribution in [1.29, 1.82) is 5.26 Å². The van der Waals surface area contributed by atoms with Crippen molar-refractivity contribution < 1.29 is 15.0 Å². The van der Waals surface area contributed by atoms with E-state index in [9.17, 15) is 9.90 Å². The van der Waals surface area contributed by atoms with E-state index in [4.69, 9.17) is 10.4 Å². The average molecular weight is 317 g/mol. The number of hydrogen-bond donors (Lipinski definition) is 2. The van der Waals surface area contributed by atoms with Gasteiger partial charge in [0.05, 0.1) is 23.8 Å². The zero-order valence-corrected chi connectivity index (χ0v) is 13.4. The highest BCUT2D eigenvalue weighted by Gasteiger charge is 2.36. The summed E-state index contributed by atoms with van der Waals surface area (Å²) in [4.78, 5) is 16.4. The summed E-state index contributed by atoms with van der Waals surface area (Å²) < 4.78 is 0. The van der Waals surface area contributed by atoms with Crippen LogP contribution in [0.1, 0.15) is 15.9 Å². The summed E-state index contributed by atoms with van der Waals surface area (Å²) in [7, 11) is 1.92. The minimum Gasteiger partial charge on any atom is -0.396 e. The summed E-state index contributed by atoms with van der Waals surface area (Å²) >= 11 is 0. The average Bonchev–Trinajstić information content (AvgIpc) is 2.97. The Bertz CT molecular complexity index is 585. The number of likely N-dealkylation sites (tertiary alicyclic amines) is 1. The van der Waals surface area contributed by atoms with Crippen LogP contribution in [0.15, 0.2) is 24.3 Å². The maximum atomic E-state index is 12.7. The molecule has 0 saturated carbocycles. The second-order valence-corrected chi connectivity index (χ2v) is 6.06. The summed E-state index contributed by atoms with van der Waals surface area (Å²) in [6.07, 6.45) is 0. The molecule has 1 aromatic rings. The van der Waals surface area contributed by atoms with Crippen LogP contribution in [0.25, 0.3) is 0 Å². The zero-order valence-electron chi connectivity index (χ0n) is 13.4. The molecule has 124 valence electrons. The third kappa shape index (κ3) is 4.08. The molecule has 23 heavy (non-hydrogen) atoms. The Kier molecular flexibility index (Phi) is 6.11. The first kappa shape index (κ1) is 17.4. The van der Waals surface area contributed by atoms with Gasteiger partial charge in [-0.3, -0.25) is 4.79 Å². The van der Waals surface area contributed by atoms with Crippen LogP contribution in [0.4, 0.5) is 0 Å². The van der Waals surface area contributed by atoms with E-state index in [-0.39, 0.29) is 31.0 Å². The lowest BCUT2D eigenvalue weighted by molar-refractivity contribution is 0.0778. The van der Waals surface area contributed by atoms with Crippen molar-refractivity contribution in [3.05, 3.63) is 35.4 Å². The molecule has 0 aromatic heterocycles. The van der Waals surface area contributed by atoms with Crippen LogP contribution in [0.5, 0.6) is 0 Å². The van der Waals surface area contributed by atoms with E-state index in [0.717, 1.165) is 6.54 Å². The molecule has 0 spiro atoms. The first-order valence-corrected chi connectivity index (χ1v) is 7.79. The number of nitriles is 1. The molecule has 1 aliphatic rings. The summed E-state index contributed by atoms with van der Waals surface area (Å²) in [6.45, 7) is 2.45. The second kappa shape index (κ2) is 8.06. The lowest BCUT2D eigenvalue weighted by atomic mass is 9.96. The third-order valence-electron chi connectivity index (χ3n) is 4.40. The molecular formula is C17H23N3O3. The third-order valence-corrected chi connectivity index (χ3v) is 4.40. The van der Waals surface area contributed by atoms with Gasteiger partial charge in [0.1, 0.15) is 0 Å². The van der Waals surface area contributed by atoms with Crippen LogP contribution in [0.2, 0.25) is 0 Å². The van der Waals surface area contributed by atoms with Crippen LogP contribution in [0, 0.1) is 23.2 Å². The fourth-order valence-electron chi connectivity index (χ4n) is 3.12. The largest absolute Gasteiger partial charge is 0.396 e. The molecule has 1 aromatic carbocycles. The van der Waals surface area contributed by atoms with Gasteiger partial charge in [-0.25, -0.2) is 0 Å². The number of likely N-dealkylation sites (N-methyl/N-ethyl adjacent to an activating group) is 1. The predicted molar refractivity (Wildman–Crippen MR) is 85.7 cm³/mol. The molecule has 0 radical (unpaired) electrons. The van der Waals surface area contributed by atoms with Gasteiger partial charge in [-0.1, -0.05) is 12.1 Å². The summed E-state index contributed by atoms with van der Waals surface area (Å²) in [6, 6.07) is 8.85. The van der Waals surface area contributed by atoms with E-state index >= 15 is 0 Å². The Morgan fingerprint density at radius 2 is 2.04 bits per heavy atom. The fourth-order valence-corrected chi connectivity index (χ4v) is 3.12. The van der Waals surface area contributed by atoms with Gasteiger partial charge in [-0.05, 0) is 25.1 Å². The van der Waals surface area contributed by atoms with Crippen LogP contribution in [0.3, 0.4) is 0 Å². The Morgan fingerprint density at radius 1 is 1.35 bits per heavy atom. The van der Waals surface area contributed by atoms with Gasteiger partial charge in [0.15, 0.2) is 0 Å². The topological polar surface area (TPSA) is 87.8 Å². The van der Waals surface area contributed by atoms with Gasteiger partial charge in [-0.15, -0.1) is 0 Å². The van der Waals surface area contributed by atoms with Gasteiger partial charge >= 0.3 is 0 Å². The molecule has 1 aliphatic heterocycles. The number of benzene rings is 1. The predicted octanol–water partition coefficient (Wildman–Crippen LogP) is 0.163. The summed E-state index contributed by atoms with van der Waals surface area (Å²) in [5.74, 6) is 0.0250. The molecule has 1 saturated heterocycles. The fraction of sp³-hybridized carbons (Fsp3) is 0.529. The molecule has 2 unspecified atom stereocenters. The monoisotopic (exact) mass is 317 g/mol. The van der Waals surface area contributed by atoms with Crippen molar-refractivity contribution in [3.8, 4) is 6.07 Å². The second-order valence-electron chi connectivity index (χ2n) is 6.06. The van der Waals surface area contributed by atoms with E-state index < -0.39 is 0 Å². The van der Waals surface area contributed by atoms with Crippen molar-refractivity contribution in [2.75, 3.05) is 46.4 Å². The normalized spacial score (nSPS) is 20.7. The van der Waals surface area contributed by atoms with Gasteiger partial charge in [0, 0.05) is 38.7 Å². The number of rotatable bonds is 6. The molecule has 1 amide bonds. The minimum atomic E-state index is -0.159. The molecule has 2 atom stereocenters. The number of aliphatic hydroxyl groups is 2. The Hall–Kier alpha value is -1.94. The van der Waals surface area contributed by atoms with Crippen molar-refractivity contribution in [2.45, 2.75) is 0 Å². The molecule has 2 rings (SSSR count). The zero-order chi connectivity index (χ0) is 16.8. The van der Waals surface area contributed by atoms with E-state index in [0.29, 0.717) is 30.8 Å². The molecule has 2 N–H and O–H groups in total. The van der Waals surface area contributed by atoms with Crippen molar-refractivity contribution in [2.24, 2.45) is 11.8 Å². The Labute approximate surface area is 136 Å². The highest BCUT2D eigenvalue weighted by Crippen LogP contribution is 2.26. The minimum absolute atomic E-state index is 0.0225. The van der Waals surface area contributed by atoms with Crippen LogP contribution >= 0.6 is 0 Å². The lowest BCUT2D eigenvalue weighted by Gasteiger charge is -2.23. The molecular weight excluding hydrogens is 294 g/mol. The number of nitrogens with zero attached hydrogens (tertiary/aromatic N) is 3. The standard InChI is InChI=1S/C17H23N3O3/c1-19(6-7-21)9-14-10-20(11-15(14)12-22)17(23)16-5-3-2-4-13(16)8-18/h2-5,14-15,21-22H,6-7,9-12H2,1H3. The van der Waals surface area contributed by atoms with Gasteiger partial charge in [-0.2, -0.15) is 5.26 Å². The van der Waals surface area contributed by atoms with Gasteiger partial charge in [0.2, 0.25) is 0 Å². The number of aliphatic hydroxyl groups excluding tert-OH is 2. The number of carbonyl (C=O) groups excluding carboxylic acids is 1. The van der Waals surface area contributed by atoms with Crippen molar-refractivity contribution >= 4 is 5.91 Å².